The lowest BCUT2D eigenvalue weighted by Crippen LogP contribution is -3.14. The molecule has 1 aliphatic rings. The molecular weight excluding hydrogens is 294 g/mol. The number of benzene rings is 1. The molecule has 130 valence electrons. The van der Waals surface area contributed by atoms with Crippen LogP contribution in [0.2, 0.25) is 0 Å². The number of nitrogens with one attached hydrogen (secondary N) is 1. The SMILES string of the molecule is CC[C@@H](C)Oc1ccccc1OCCOCC[NH+]1CCOCC1. The standard InChI is InChI=1S/C18H29NO4/c1-3-16(2)23-18-7-5-4-6-17(18)22-15-14-21-13-10-19-8-11-20-12-9-19/h4-7,16H,3,8-15H2,1-2H3/p+1/t16-/m1/s1. The van der Waals surface area contributed by atoms with E-state index in [-0.39, 0.29) is 6.10 Å². The highest BCUT2D eigenvalue weighted by molar-refractivity contribution is 5.39. The molecule has 1 saturated heterocycles. The van der Waals surface area contributed by atoms with Gasteiger partial charge in [0, 0.05) is 0 Å². The first-order valence-corrected chi connectivity index (χ1v) is 8.67. The van der Waals surface area contributed by atoms with Crippen molar-refractivity contribution in [2.45, 2.75) is 26.4 Å². The summed E-state index contributed by atoms with van der Waals surface area (Å²) in [5.74, 6) is 1.59. The Morgan fingerprint density at radius 1 is 1.09 bits per heavy atom. The zero-order chi connectivity index (χ0) is 16.3. The van der Waals surface area contributed by atoms with Gasteiger partial charge in [0.2, 0.25) is 0 Å². The van der Waals surface area contributed by atoms with Gasteiger partial charge in [-0.1, -0.05) is 19.1 Å². The monoisotopic (exact) mass is 324 g/mol. The molecule has 5 nitrogen and oxygen atoms in total. The van der Waals surface area contributed by atoms with Gasteiger partial charge < -0.3 is 23.8 Å². The van der Waals surface area contributed by atoms with Crippen molar-refractivity contribution in [1.29, 1.82) is 0 Å². The molecule has 1 N–H and O–H groups in total. The highest BCUT2D eigenvalue weighted by Crippen LogP contribution is 2.27. The van der Waals surface area contributed by atoms with Crippen LogP contribution in [0, 0.1) is 0 Å². The maximum Gasteiger partial charge on any atom is 0.161 e. The van der Waals surface area contributed by atoms with E-state index in [2.05, 4.69) is 13.8 Å². The third kappa shape index (κ3) is 6.77. The average molecular weight is 324 g/mol. The quantitative estimate of drug-likeness (QED) is 0.656. The zero-order valence-corrected chi connectivity index (χ0v) is 14.4. The number of hydrogen-bond donors (Lipinski definition) is 1. The van der Waals surface area contributed by atoms with Gasteiger partial charge in [0.1, 0.15) is 26.2 Å². The molecule has 1 aromatic rings. The number of rotatable bonds is 10. The number of hydrogen-bond acceptors (Lipinski definition) is 4. The molecule has 0 bridgehead atoms. The van der Waals surface area contributed by atoms with Crippen molar-refractivity contribution in [3.63, 3.8) is 0 Å². The summed E-state index contributed by atoms with van der Waals surface area (Å²) in [6, 6.07) is 7.81. The summed E-state index contributed by atoms with van der Waals surface area (Å²) in [5, 5.41) is 0. The summed E-state index contributed by atoms with van der Waals surface area (Å²) < 4.78 is 22.7. The van der Waals surface area contributed by atoms with E-state index >= 15 is 0 Å². The molecule has 0 aromatic heterocycles. The average Bonchev–Trinajstić information content (AvgIpc) is 2.60. The molecule has 2 rings (SSSR count). The first-order chi connectivity index (χ1) is 11.3. The summed E-state index contributed by atoms with van der Waals surface area (Å²) in [7, 11) is 0. The Kier molecular flexibility index (Phi) is 8.21. The van der Waals surface area contributed by atoms with Crippen LogP contribution in [0.4, 0.5) is 0 Å². The van der Waals surface area contributed by atoms with Gasteiger partial charge >= 0.3 is 0 Å². The van der Waals surface area contributed by atoms with Crippen LogP contribution in [0.15, 0.2) is 24.3 Å². The van der Waals surface area contributed by atoms with Gasteiger partial charge in [-0.2, -0.15) is 0 Å². The molecule has 0 spiro atoms. The number of morpholine rings is 1. The van der Waals surface area contributed by atoms with Crippen LogP contribution in [-0.4, -0.2) is 58.8 Å². The maximum atomic E-state index is 5.87. The van der Waals surface area contributed by atoms with E-state index in [4.69, 9.17) is 18.9 Å². The topological polar surface area (TPSA) is 41.4 Å². The van der Waals surface area contributed by atoms with Crippen LogP contribution in [-0.2, 0) is 9.47 Å². The zero-order valence-electron chi connectivity index (χ0n) is 14.4. The smallest absolute Gasteiger partial charge is 0.161 e. The minimum atomic E-state index is 0.187. The minimum Gasteiger partial charge on any atom is -0.487 e. The molecule has 1 heterocycles. The molecule has 0 unspecified atom stereocenters. The van der Waals surface area contributed by atoms with Crippen molar-refractivity contribution in [3.8, 4) is 11.5 Å². The van der Waals surface area contributed by atoms with Crippen molar-refractivity contribution in [3.05, 3.63) is 24.3 Å². The maximum absolute atomic E-state index is 5.87. The van der Waals surface area contributed by atoms with Crippen LogP contribution in [0.1, 0.15) is 20.3 Å². The lowest BCUT2D eigenvalue weighted by atomic mass is 10.3. The fourth-order valence-corrected chi connectivity index (χ4v) is 2.41. The molecule has 1 aliphatic heterocycles. The van der Waals surface area contributed by atoms with E-state index in [1.165, 1.54) is 0 Å². The van der Waals surface area contributed by atoms with E-state index in [1.54, 1.807) is 4.90 Å². The molecule has 0 radical (unpaired) electrons. The van der Waals surface area contributed by atoms with Gasteiger partial charge in [0.25, 0.3) is 0 Å². The minimum absolute atomic E-state index is 0.187. The van der Waals surface area contributed by atoms with Gasteiger partial charge in [-0.15, -0.1) is 0 Å². The fourth-order valence-electron chi connectivity index (χ4n) is 2.41. The van der Waals surface area contributed by atoms with E-state index in [0.29, 0.717) is 13.2 Å². The molecule has 5 heteroatoms. The predicted molar refractivity (Wildman–Crippen MR) is 89.5 cm³/mol. The second-order valence-corrected chi connectivity index (χ2v) is 5.86. The molecule has 23 heavy (non-hydrogen) atoms. The predicted octanol–water partition coefficient (Wildman–Crippen LogP) is 1.17. The Balaban J connectivity index is 1.62. The molecular formula is C18H30NO4+. The van der Waals surface area contributed by atoms with Crippen LogP contribution in [0.5, 0.6) is 11.5 Å². The number of para-hydroxylation sites is 2. The Morgan fingerprint density at radius 3 is 2.57 bits per heavy atom. The summed E-state index contributed by atoms with van der Waals surface area (Å²) >= 11 is 0. The van der Waals surface area contributed by atoms with Gasteiger partial charge in [0.05, 0.1) is 32.5 Å². The third-order valence-corrected chi connectivity index (χ3v) is 4.04. The third-order valence-electron chi connectivity index (χ3n) is 4.04. The Hall–Kier alpha value is -1.30. The Labute approximate surface area is 139 Å². The van der Waals surface area contributed by atoms with Crippen molar-refractivity contribution < 1.29 is 23.8 Å². The number of quaternary nitrogens is 1. The van der Waals surface area contributed by atoms with E-state index in [0.717, 1.165) is 57.4 Å². The van der Waals surface area contributed by atoms with Gasteiger partial charge in [-0.3, -0.25) is 0 Å². The highest BCUT2D eigenvalue weighted by atomic mass is 16.5. The summed E-state index contributed by atoms with van der Waals surface area (Å²) in [5.41, 5.74) is 0. The molecule has 0 aliphatic carbocycles. The second-order valence-electron chi connectivity index (χ2n) is 5.86. The van der Waals surface area contributed by atoms with Crippen molar-refractivity contribution >= 4 is 0 Å². The molecule has 1 atom stereocenters. The van der Waals surface area contributed by atoms with Gasteiger partial charge in [0.15, 0.2) is 11.5 Å². The summed E-state index contributed by atoms with van der Waals surface area (Å²) in [6.45, 7) is 11.0. The Bertz CT molecular complexity index is 435. The first kappa shape index (κ1) is 18.0. The van der Waals surface area contributed by atoms with Gasteiger partial charge in [-0.25, -0.2) is 0 Å². The normalized spacial score (nSPS) is 17.0. The van der Waals surface area contributed by atoms with Crippen molar-refractivity contribution in [2.24, 2.45) is 0 Å². The lowest BCUT2D eigenvalue weighted by molar-refractivity contribution is -0.908. The summed E-state index contributed by atoms with van der Waals surface area (Å²) in [4.78, 5) is 1.56. The second kappa shape index (κ2) is 10.5. The first-order valence-electron chi connectivity index (χ1n) is 8.67. The van der Waals surface area contributed by atoms with Crippen LogP contribution < -0.4 is 14.4 Å². The van der Waals surface area contributed by atoms with E-state index in [9.17, 15) is 0 Å². The van der Waals surface area contributed by atoms with Gasteiger partial charge in [-0.05, 0) is 25.5 Å². The highest BCUT2D eigenvalue weighted by Gasteiger charge is 2.13. The molecule has 1 aromatic carbocycles. The Morgan fingerprint density at radius 2 is 1.83 bits per heavy atom. The number of ether oxygens (including phenoxy) is 4. The van der Waals surface area contributed by atoms with Crippen molar-refractivity contribution in [1.82, 2.24) is 0 Å². The molecule has 0 saturated carbocycles. The van der Waals surface area contributed by atoms with Crippen LogP contribution in [0.25, 0.3) is 0 Å². The molecule has 0 amide bonds. The van der Waals surface area contributed by atoms with Crippen LogP contribution in [0.3, 0.4) is 0 Å². The van der Waals surface area contributed by atoms with E-state index < -0.39 is 0 Å². The van der Waals surface area contributed by atoms with Crippen LogP contribution >= 0.6 is 0 Å². The van der Waals surface area contributed by atoms with Crippen molar-refractivity contribution in [2.75, 3.05) is 52.7 Å². The lowest BCUT2D eigenvalue weighted by Gasteiger charge is -2.23. The largest absolute Gasteiger partial charge is 0.487 e. The van der Waals surface area contributed by atoms with E-state index in [1.807, 2.05) is 24.3 Å². The fraction of sp³-hybridized carbons (Fsp3) is 0.667. The molecule has 1 fully saturated rings. The summed E-state index contributed by atoms with van der Waals surface area (Å²) in [6.07, 6.45) is 1.16.